The Kier molecular flexibility index (Phi) is 2.62. The van der Waals surface area contributed by atoms with Crippen LogP contribution in [0.2, 0.25) is 0 Å². The first-order valence-electron chi connectivity index (χ1n) is 3.35. The zero-order chi connectivity index (χ0) is 9.19. The van der Waals surface area contributed by atoms with Crippen LogP contribution in [0, 0.1) is 9.81 Å². The van der Waals surface area contributed by atoms with Crippen molar-refractivity contribution in [3.05, 3.63) is 22.0 Å². The van der Waals surface area contributed by atoms with Gasteiger partial charge in [0.15, 0.2) is 0 Å². The first kappa shape index (κ1) is 9.39. The van der Waals surface area contributed by atoms with Crippen molar-refractivity contribution in [3.63, 3.8) is 0 Å². The van der Waals surface area contributed by atoms with Crippen LogP contribution in [0.15, 0.2) is 24.6 Å². The predicted octanol–water partition coefficient (Wildman–Crippen LogP) is 1.45. The minimum absolute atomic E-state index is 0.664. The maximum absolute atomic E-state index is 10.3. The van der Waals surface area contributed by atoms with Gasteiger partial charge in [-0.2, -0.15) is 0 Å². The number of hydrogen-bond acceptors (Lipinski definition) is 5. The molecule has 0 aromatic carbocycles. The zero-order valence-electron chi connectivity index (χ0n) is 6.76. The van der Waals surface area contributed by atoms with E-state index in [1.165, 1.54) is 0 Å². The van der Waals surface area contributed by atoms with Crippen LogP contribution in [0.25, 0.3) is 0 Å². The van der Waals surface area contributed by atoms with Gasteiger partial charge in [-0.1, -0.05) is 0 Å². The number of nitrogens with zero attached hydrogens (tertiary/aromatic N) is 3. The summed E-state index contributed by atoms with van der Waals surface area (Å²) >= 11 is -3.17. The van der Waals surface area contributed by atoms with Crippen LogP contribution >= 0.6 is 0 Å². The Labute approximate surface area is 76.1 Å². The van der Waals surface area contributed by atoms with Gasteiger partial charge in [-0.25, -0.2) is 0 Å². The molecule has 5 nitrogen and oxygen atoms in total. The van der Waals surface area contributed by atoms with Crippen LogP contribution in [0.5, 0.6) is 0 Å². The molecule has 0 bridgehead atoms. The SMILES string of the molecule is CC1=N[C](C)([WH]([N]=O)[N]=O)C=C1. The Morgan fingerprint density at radius 2 is 2.08 bits per heavy atom. The second kappa shape index (κ2) is 3.35. The van der Waals surface area contributed by atoms with Crippen LogP contribution < -0.4 is 0 Å². The molecule has 1 aliphatic rings. The molecular formula is C6H9N3O2W. The van der Waals surface area contributed by atoms with Crippen LogP contribution in [0.3, 0.4) is 0 Å². The summed E-state index contributed by atoms with van der Waals surface area (Å²) in [6.45, 7) is 3.56. The monoisotopic (exact) mass is 339 g/mol. The fourth-order valence-corrected chi connectivity index (χ4v) is 3.93. The third-order valence-electron chi connectivity index (χ3n) is 1.60. The van der Waals surface area contributed by atoms with Gasteiger partial charge in [0, 0.05) is 0 Å². The zero-order valence-corrected chi connectivity index (χ0v) is 9.97. The second-order valence-corrected chi connectivity index (χ2v) is 9.14. The average Bonchev–Trinajstić information content (AvgIpc) is 2.34. The summed E-state index contributed by atoms with van der Waals surface area (Å²) in [6.07, 6.45) is 3.54. The van der Waals surface area contributed by atoms with E-state index in [-0.39, 0.29) is 0 Å². The van der Waals surface area contributed by atoms with Crippen LogP contribution in [0.4, 0.5) is 0 Å². The molecule has 0 aliphatic carbocycles. The Balaban J connectivity index is 2.93. The molecule has 12 heavy (non-hydrogen) atoms. The molecule has 0 aromatic heterocycles. The summed E-state index contributed by atoms with van der Waals surface area (Å²) in [6, 6.07) is 0. The molecule has 0 saturated carbocycles. The molecule has 0 fully saturated rings. The molecule has 0 radical (unpaired) electrons. The average molecular weight is 339 g/mol. The fourth-order valence-electron chi connectivity index (χ4n) is 1.00. The molecule has 1 unspecified atom stereocenters. The van der Waals surface area contributed by atoms with Gasteiger partial charge in [-0.3, -0.25) is 0 Å². The maximum atomic E-state index is 10.3. The Morgan fingerprint density at radius 1 is 1.50 bits per heavy atom. The molecule has 1 aliphatic heterocycles. The van der Waals surface area contributed by atoms with E-state index in [0.29, 0.717) is 0 Å². The molecule has 1 rings (SSSR count). The molecular weight excluding hydrogens is 330 g/mol. The van der Waals surface area contributed by atoms with Gasteiger partial charge in [0.05, 0.1) is 0 Å². The first-order valence-corrected chi connectivity index (χ1v) is 7.83. The molecule has 1 heterocycles. The van der Waals surface area contributed by atoms with Crippen molar-refractivity contribution >= 4 is 5.71 Å². The number of nitroso groups, excluding NO2 is 2. The van der Waals surface area contributed by atoms with Gasteiger partial charge >= 0.3 is 75.7 Å². The van der Waals surface area contributed by atoms with E-state index in [4.69, 9.17) is 0 Å². The van der Waals surface area contributed by atoms with Crippen molar-refractivity contribution in [1.82, 2.24) is 0 Å². The molecule has 66 valence electrons. The van der Waals surface area contributed by atoms with Crippen LogP contribution in [-0.4, -0.2) is 9.64 Å². The first-order chi connectivity index (χ1) is 5.62. The van der Waals surface area contributed by atoms with Crippen LogP contribution in [0.1, 0.15) is 13.8 Å². The van der Waals surface area contributed by atoms with E-state index in [1.807, 2.05) is 6.92 Å². The van der Waals surface area contributed by atoms with Gasteiger partial charge in [0.1, 0.15) is 0 Å². The third-order valence-corrected chi connectivity index (χ3v) is 6.52. The van der Waals surface area contributed by atoms with Crippen molar-refractivity contribution in [3.8, 4) is 0 Å². The van der Waals surface area contributed by atoms with Gasteiger partial charge in [-0.05, 0) is 0 Å². The van der Waals surface area contributed by atoms with E-state index in [9.17, 15) is 9.81 Å². The molecule has 6 heteroatoms. The van der Waals surface area contributed by atoms with Crippen molar-refractivity contribution in [2.24, 2.45) is 12.5 Å². The summed E-state index contributed by atoms with van der Waals surface area (Å²) in [5.74, 6) is 0. The van der Waals surface area contributed by atoms with Gasteiger partial charge < -0.3 is 0 Å². The quantitative estimate of drug-likeness (QED) is 0.730. The van der Waals surface area contributed by atoms with E-state index >= 15 is 0 Å². The van der Waals surface area contributed by atoms with Gasteiger partial charge in [-0.15, -0.1) is 0 Å². The molecule has 0 spiro atoms. The van der Waals surface area contributed by atoms with Gasteiger partial charge in [0.25, 0.3) is 0 Å². The molecule has 0 aromatic rings. The van der Waals surface area contributed by atoms with Gasteiger partial charge in [0.2, 0.25) is 0 Å². The number of allylic oxidation sites excluding steroid dienone is 1. The van der Waals surface area contributed by atoms with E-state index in [0.717, 1.165) is 5.71 Å². The van der Waals surface area contributed by atoms with E-state index in [1.54, 1.807) is 19.1 Å². The fraction of sp³-hybridized carbons (Fsp3) is 0.500. The molecule has 0 N–H and O–H groups in total. The summed E-state index contributed by atoms with van der Waals surface area (Å²) in [5, 5.41) is 0. The minimum atomic E-state index is -3.17. The van der Waals surface area contributed by atoms with E-state index in [2.05, 4.69) is 12.5 Å². The Morgan fingerprint density at radius 3 is 2.42 bits per heavy atom. The summed E-state index contributed by atoms with van der Waals surface area (Å²) in [5.41, 5.74) is 0.824. The van der Waals surface area contributed by atoms with Crippen molar-refractivity contribution < 1.29 is 17.8 Å². The molecule has 0 amide bonds. The second-order valence-electron chi connectivity index (χ2n) is 2.63. The number of rotatable bonds is 3. The normalized spacial score (nSPS) is 28.2. The number of hydrogen-bond donors (Lipinski definition) is 0. The summed E-state index contributed by atoms with van der Waals surface area (Å²) in [7, 11) is 0. The molecule has 1 atom stereocenters. The molecule has 0 saturated heterocycles. The van der Waals surface area contributed by atoms with E-state index < -0.39 is 21.7 Å². The standard InChI is InChI=1S/C6H8N.2NO.W.H/c1-5-3-4-6(2)7-5;2*1-2;;/h3-4H,1-2H3;;;;/q;2*-1;+2;. The third kappa shape index (κ3) is 1.55. The predicted molar refractivity (Wildman–Crippen MR) is 43.6 cm³/mol. The number of aliphatic imine (C=N–C) groups is 1. The summed E-state index contributed by atoms with van der Waals surface area (Å²) < 4.78 is 4.96. The van der Waals surface area contributed by atoms with Crippen molar-refractivity contribution in [2.75, 3.05) is 0 Å². The Hall–Kier alpha value is -0.702. The van der Waals surface area contributed by atoms with Crippen molar-refractivity contribution in [1.29, 1.82) is 0 Å². The topological polar surface area (TPSA) is 71.2 Å². The Bertz CT molecular complexity index is 268. The van der Waals surface area contributed by atoms with Crippen molar-refractivity contribution in [2.45, 2.75) is 17.8 Å². The van der Waals surface area contributed by atoms with Crippen LogP contribution in [-0.2, 0) is 17.8 Å². The summed E-state index contributed by atoms with van der Waals surface area (Å²) in [4.78, 5) is 24.7.